The van der Waals surface area contributed by atoms with Gasteiger partial charge in [0, 0.05) is 14.1 Å². The third-order valence-corrected chi connectivity index (χ3v) is 5.54. The number of ether oxygens (including phenoxy) is 1. The normalized spacial score (nSPS) is 11.5. The van der Waals surface area contributed by atoms with Gasteiger partial charge >= 0.3 is 5.69 Å². The summed E-state index contributed by atoms with van der Waals surface area (Å²) < 4.78 is 35.8. The summed E-state index contributed by atoms with van der Waals surface area (Å²) in [4.78, 5) is 24.3. The lowest BCUT2D eigenvalue weighted by molar-refractivity contribution is 0.342. The van der Waals surface area contributed by atoms with Crippen LogP contribution in [-0.2, 0) is 24.1 Å². The van der Waals surface area contributed by atoms with Gasteiger partial charge in [-0.25, -0.2) is 13.2 Å². The first kappa shape index (κ1) is 18.7. The van der Waals surface area contributed by atoms with Crippen molar-refractivity contribution in [2.24, 2.45) is 14.1 Å². The van der Waals surface area contributed by atoms with Gasteiger partial charge in [0.15, 0.2) is 0 Å². The Kier molecular flexibility index (Phi) is 4.79. The number of fused-ring (bicyclic) bond motifs is 1. The Hall–Kier alpha value is -3.07. The highest BCUT2D eigenvalue weighted by molar-refractivity contribution is 7.92. The number of nitrogens with zero attached hydrogens (tertiary/aromatic N) is 2. The van der Waals surface area contributed by atoms with Crippen molar-refractivity contribution in [1.29, 1.82) is 0 Å². The van der Waals surface area contributed by atoms with Gasteiger partial charge in [-0.3, -0.25) is 18.7 Å². The van der Waals surface area contributed by atoms with Crippen LogP contribution in [0.15, 0.2) is 56.9 Å². The summed E-state index contributed by atoms with van der Waals surface area (Å²) in [5.74, 6) is 0.405. The summed E-state index contributed by atoms with van der Waals surface area (Å²) in [6, 6.07) is 10.7. The molecule has 2 aromatic carbocycles. The summed E-state index contributed by atoms with van der Waals surface area (Å²) in [6.07, 6.45) is 0. The largest absolute Gasteiger partial charge is 0.492 e. The lowest BCUT2D eigenvalue weighted by Crippen LogP contribution is -2.37. The van der Waals surface area contributed by atoms with Crippen molar-refractivity contribution >= 4 is 26.6 Å². The van der Waals surface area contributed by atoms with Crippen LogP contribution < -0.4 is 20.7 Å². The molecule has 0 atom stereocenters. The Morgan fingerprint density at radius 2 is 1.74 bits per heavy atom. The number of hydrogen-bond donors (Lipinski definition) is 1. The lowest BCUT2D eigenvalue weighted by Gasteiger charge is -2.13. The first-order valence-electron chi connectivity index (χ1n) is 8.20. The Labute approximate surface area is 155 Å². The predicted octanol–water partition coefficient (Wildman–Crippen LogP) is 1.44. The first-order chi connectivity index (χ1) is 12.8. The number of anilines is 1. The topological polar surface area (TPSA) is 99.4 Å². The minimum Gasteiger partial charge on any atom is -0.492 e. The number of hydrogen-bond acceptors (Lipinski definition) is 5. The summed E-state index contributed by atoms with van der Waals surface area (Å²) in [5.41, 5.74) is -0.378. The van der Waals surface area contributed by atoms with Gasteiger partial charge in [-0.1, -0.05) is 12.1 Å². The van der Waals surface area contributed by atoms with E-state index in [-0.39, 0.29) is 10.3 Å². The first-order valence-corrected chi connectivity index (χ1v) is 9.69. The molecular weight excluding hydrogens is 370 g/mol. The van der Waals surface area contributed by atoms with Gasteiger partial charge in [-0.2, -0.15) is 0 Å². The number of nitrogens with one attached hydrogen (secondary N) is 1. The van der Waals surface area contributed by atoms with Gasteiger partial charge in [-0.15, -0.1) is 0 Å². The molecule has 1 aromatic heterocycles. The van der Waals surface area contributed by atoms with Crippen LogP contribution in [0, 0.1) is 0 Å². The molecule has 0 aliphatic carbocycles. The number of aryl methyl sites for hydroxylation is 1. The molecule has 0 unspecified atom stereocenters. The van der Waals surface area contributed by atoms with Crippen LogP contribution in [0.2, 0.25) is 0 Å². The average Bonchev–Trinajstić information content (AvgIpc) is 2.65. The lowest BCUT2D eigenvalue weighted by atomic mass is 10.2. The van der Waals surface area contributed by atoms with Gasteiger partial charge in [0.05, 0.1) is 28.1 Å². The van der Waals surface area contributed by atoms with Gasteiger partial charge in [0.25, 0.3) is 15.6 Å². The van der Waals surface area contributed by atoms with Gasteiger partial charge in [0.1, 0.15) is 5.75 Å². The zero-order valence-electron chi connectivity index (χ0n) is 15.1. The summed E-state index contributed by atoms with van der Waals surface area (Å²) in [7, 11) is -1.09. The smallest absolute Gasteiger partial charge is 0.330 e. The maximum atomic E-state index is 12.8. The van der Waals surface area contributed by atoms with E-state index in [4.69, 9.17) is 4.74 Å². The Balaban J connectivity index is 2.12. The maximum Gasteiger partial charge on any atom is 0.330 e. The fraction of sp³-hybridized carbons (Fsp3) is 0.222. The average molecular weight is 389 g/mol. The monoisotopic (exact) mass is 389 g/mol. The number of sulfonamides is 1. The van der Waals surface area contributed by atoms with E-state index in [1.54, 1.807) is 31.2 Å². The Morgan fingerprint density at radius 3 is 2.44 bits per heavy atom. The standard InChI is InChI=1S/C18H19N3O5S/c1-4-26-16-8-6-5-7-14(16)19-27(24,25)12-9-10-15-13(11-12)17(22)21(3)18(23)20(15)2/h5-11,19H,4H2,1-3H3. The highest BCUT2D eigenvalue weighted by Gasteiger charge is 2.19. The molecule has 8 nitrogen and oxygen atoms in total. The molecule has 0 radical (unpaired) electrons. The second kappa shape index (κ2) is 6.92. The van der Waals surface area contributed by atoms with Crippen LogP contribution in [0.3, 0.4) is 0 Å². The zero-order valence-corrected chi connectivity index (χ0v) is 15.9. The van der Waals surface area contributed by atoms with Crippen molar-refractivity contribution in [3.05, 3.63) is 63.3 Å². The van der Waals surface area contributed by atoms with Crippen LogP contribution in [0.25, 0.3) is 10.9 Å². The van der Waals surface area contributed by atoms with E-state index in [2.05, 4.69) is 4.72 Å². The fourth-order valence-corrected chi connectivity index (χ4v) is 3.87. The van der Waals surface area contributed by atoms with E-state index in [1.165, 1.54) is 36.9 Å². The van der Waals surface area contributed by atoms with Gasteiger partial charge < -0.3 is 4.74 Å². The van der Waals surface area contributed by atoms with E-state index in [0.717, 1.165) is 4.57 Å². The molecule has 0 aliphatic heterocycles. The molecule has 142 valence electrons. The van der Waals surface area contributed by atoms with E-state index < -0.39 is 21.3 Å². The van der Waals surface area contributed by atoms with Gasteiger partial charge in [-0.05, 0) is 37.3 Å². The molecule has 0 saturated carbocycles. The number of para-hydroxylation sites is 2. The molecule has 27 heavy (non-hydrogen) atoms. The molecule has 3 aromatic rings. The van der Waals surface area contributed by atoms with Crippen molar-refractivity contribution < 1.29 is 13.2 Å². The van der Waals surface area contributed by atoms with Crippen molar-refractivity contribution in [2.45, 2.75) is 11.8 Å². The molecule has 1 heterocycles. The highest BCUT2D eigenvalue weighted by atomic mass is 32.2. The van der Waals surface area contributed by atoms with E-state index in [9.17, 15) is 18.0 Å². The molecular formula is C18H19N3O5S. The van der Waals surface area contributed by atoms with Crippen LogP contribution in [0.1, 0.15) is 6.92 Å². The van der Waals surface area contributed by atoms with Gasteiger partial charge in [0.2, 0.25) is 0 Å². The van der Waals surface area contributed by atoms with Crippen molar-refractivity contribution in [2.75, 3.05) is 11.3 Å². The summed E-state index contributed by atoms with van der Waals surface area (Å²) in [5, 5.41) is 0.139. The van der Waals surface area contributed by atoms with Crippen LogP contribution in [0.5, 0.6) is 5.75 Å². The van der Waals surface area contributed by atoms with Crippen LogP contribution in [0.4, 0.5) is 5.69 Å². The van der Waals surface area contributed by atoms with E-state index >= 15 is 0 Å². The third kappa shape index (κ3) is 3.33. The zero-order chi connectivity index (χ0) is 19.8. The maximum absolute atomic E-state index is 12.8. The molecule has 1 N–H and O–H groups in total. The molecule has 3 rings (SSSR count). The molecule has 0 aliphatic rings. The third-order valence-electron chi connectivity index (χ3n) is 4.18. The predicted molar refractivity (Wildman–Crippen MR) is 103 cm³/mol. The minimum atomic E-state index is -3.96. The summed E-state index contributed by atoms with van der Waals surface area (Å²) in [6.45, 7) is 2.19. The second-order valence-corrected chi connectivity index (χ2v) is 7.60. The Bertz CT molecular complexity index is 1240. The van der Waals surface area contributed by atoms with Crippen LogP contribution in [-0.4, -0.2) is 24.2 Å². The highest BCUT2D eigenvalue weighted by Crippen LogP contribution is 2.27. The molecule has 0 bridgehead atoms. The minimum absolute atomic E-state index is 0.0861. The molecule has 0 saturated heterocycles. The molecule has 0 fully saturated rings. The number of rotatable bonds is 5. The fourth-order valence-electron chi connectivity index (χ4n) is 2.78. The van der Waals surface area contributed by atoms with E-state index in [1.807, 2.05) is 0 Å². The molecule has 0 amide bonds. The molecule has 0 spiro atoms. The van der Waals surface area contributed by atoms with Crippen LogP contribution >= 0.6 is 0 Å². The van der Waals surface area contributed by atoms with Crippen molar-refractivity contribution in [3.8, 4) is 5.75 Å². The number of benzene rings is 2. The summed E-state index contributed by atoms with van der Waals surface area (Å²) >= 11 is 0. The second-order valence-electron chi connectivity index (χ2n) is 5.92. The van der Waals surface area contributed by atoms with Crippen molar-refractivity contribution in [1.82, 2.24) is 9.13 Å². The van der Waals surface area contributed by atoms with E-state index in [0.29, 0.717) is 23.6 Å². The number of aromatic nitrogens is 2. The quantitative estimate of drug-likeness (QED) is 0.712. The van der Waals surface area contributed by atoms with Crippen molar-refractivity contribution in [3.63, 3.8) is 0 Å². The SMILES string of the molecule is CCOc1ccccc1NS(=O)(=O)c1ccc2c(c1)c(=O)n(C)c(=O)n2C. The molecule has 9 heteroatoms. The Morgan fingerprint density at radius 1 is 1.04 bits per heavy atom.